The lowest BCUT2D eigenvalue weighted by Gasteiger charge is -2.23. The fourth-order valence-corrected chi connectivity index (χ4v) is 3.37. The minimum atomic E-state index is 0.524. The third-order valence-electron chi connectivity index (χ3n) is 4.36. The second kappa shape index (κ2) is 4.51. The van der Waals surface area contributed by atoms with E-state index in [0.29, 0.717) is 6.04 Å². The maximum Gasteiger partial charge on any atom is 0.216 e. The summed E-state index contributed by atoms with van der Waals surface area (Å²) in [5, 5.41) is 5.56. The van der Waals surface area contributed by atoms with Crippen LogP contribution in [0.15, 0.2) is 18.5 Å². The van der Waals surface area contributed by atoms with E-state index in [0.717, 1.165) is 22.3 Å². The monoisotopic (exact) mass is 270 g/mol. The van der Waals surface area contributed by atoms with E-state index in [-0.39, 0.29) is 0 Å². The number of hydrogen-bond donors (Lipinski definition) is 1. The van der Waals surface area contributed by atoms with Crippen molar-refractivity contribution in [2.45, 2.75) is 38.1 Å². The average Bonchev–Trinajstić information content (AvgIpc) is 3.11. The Morgan fingerprint density at radius 1 is 1.20 bits per heavy atom. The van der Waals surface area contributed by atoms with Gasteiger partial charge in [0.05, 0.1) is 24.1 Å². The molecule has 0 radical (unpaired) electrons. The van der Waals surface area contributed by atoms with Crippen molar-refractivity contribution in [2.75, 3.05) is 7.11 Å². The Balaban J connectivity index is 2.00. The van der Waals surface area contributed by atoms with Gasteiger partial charge >= 0.3 is 0 Å². The Bertz CT molecular complexity index is 752. The molecule has 1 fully saturated rings. The summed E-state index contributed by atoms with van der Waals surface area (Å²) in [7, 11) is 1.70. The van der Waals surface area contributed by atoms with E-state index in [1.807, 2.05) is 18.5 Å². The highest BCUT2D eigenvalue weighted by Crippen LogP contribution is 2.36. The van der Waals surface area contributed by atoms with Crippen molar-refractivity contribution in [3.8, 4) is 5.88 Å². The summed E-state index contributed by atoms with van der Waals surface area (Å²) in [4.78, 5) is 8.72. The minimum Gasteiger partial charge on any atom is -0.481 e. The van der Waals surface area contributed by atoms with Crippen molar-refractivity contribution < 1.29 is 4.74 Å². The Morgan fingerprint density at radius 2 is 2.05 bits per heavy atom. The van der Waals surface area contributed by atoms with Crippen LogP contribution in [-0.2, 0) is 0 Å². The predicted octanol–water partition coefficient (Wildman–Crippen LogP) is 3.43. The summed E-state index contributed by atoms with van der Waals surface area (Å²) in [5.74, 6) is 0.793. The van der Waals surface area contributed by atoms with Crippen LogP contribution in [0.1, 0.15) is 38.1 Å². The predicted molar refractivity (Wildman–Crippen MR) is 78.1 cm³/mol. The Morgan fingerprint density at radius 3 is 2.85 bits per heavy atom. The quantitative estimate of drug-likeness (QED) is 0.776. The maximum atomic E-state index is 5.49. The molecule has 1 aliphatic carbocycles. The molecule has 0 amide bonds. The molecular formula is C15H18N4O. The second-order valence-corrected chi connectivity index (χ2v) is 5.51. The number of aromatic amines is 1. The van der Waals surface area contributed by atoms with Crippen LogP contribution in [0.3, 0.4) is 0 Å². The number of nitrogens with one attached hydrogen (secondary N) is 1. The molecule has 0 unspecified atom stereocenters. The van der Waals surface area contributed by atoms with Gasteiger partial charge in [-0.1, -0.05) is 19.3 Å². The molecule has 3 aromatic heterocycles. The first kappa shape index (κ1) is 11.8. The molecule has 5 nitrogen and oxygen atoms in total. The molecule has 104 valence electrons. The lowest BCUT2D eigenvalue weighted by molar-refractivity contribution is 0.322. The maximum absolute atomic E-state index is 5.49. The molecule has 1 N–H and O–H groups in total. The Hall–Kier alpha value is -2.04. The Kier molecular flexibility index (Phi) is 2.65. The zero-order valence-corrected chi connectivity index (χ0v) is 11.6. The summed E-state index contributed by atoms with van der Waals surface area (Å²) >= 11 is 0. The van der Waals surface area contributed by atoms with Gasteiger partial charge in [-0.25, -0.2) is 9.97 Å². The summed E-state index contributed by atoms with van der Waals surface area (Å²) in [6, 6.07) is 2.56. The van der Waals surface area contributed by atoms with E-state index in [2.05, 4.69) is 19.7 Å². The van der Waals surface area contributed by atoms with Crippen molar-refractivity contribution >= 4 is 21.9 Å². The van der Waals surface area contributed by atoms with Crippen molar-refractivity contribution in [2.24, 2.45) is 0 Å². The van der Waals surface area contributed by atoms with Crippen molar-refractivity contribution in [3.05, 3.63) is 18.5 Å². The molecule has 5 heteroatoms. The molecule has 0 atom stereocenters. The number of H-pyrrole nitrogens is 1. The van der Waals surface area contributed by atoms with Gasteiger partial charge in [-0.05, 0) is 18.9 Å². The standard InChI is InChI=1S/C15H18N4O/c1-20-15-12-9-17-14-11(7-8-16-14)13(12)19(18-15)10-5-3-2-4-6-10/h7-10,18H,2-6H2,1H3. The zero-order chi connectivity index (χ0) is 13.5. The Labute approximate surface area is 116 Å². The van der Waals surface area contributed by atoms with Crippen LogP contribution in [0.5, 0.6) is 5.88 Å². The lowest BCUT2D eigenvalue weighted by Crippen LogP contribution is -2.14. The number of rotatable bonds is 2. The molecule has 4 rings (SSSR count). The fourth-order valence-electron chi connectivity index (χ4n) is 3.37. The molecule has 20 heavy (non-hydrogen) atoms. The molecule has 0 bridgehead atoms. The van der Waals surface area contributed by atoms with Gasteiger partial charge in [0.15, 0.2) is 5.65 Å². The number of pyridine rings is 1. The van der Waals surface area contributed by atoms with Crippen LogP contribution < -0.4 is 4.74 Å². The number of ether oxygens (including phenoxy) is 1. The first-order chi connectivity index (χ1) is 9.88. The van der Waals surface area contributed by atoms with Gasteiger partial charge in [-0.2, -0.15) is 0 Å². The summed E-state index contributed by atoms with van der Waals surface area (Å²) in [6.45, 7) is 0. The molecule has 0 aromatic carbocycles. The molecule has 1 saturated carbocycles. The molecular weight excluding hydrogens is 252 g/mol. The highest BCUT2D eigenvalue weighted by atomic mass is 16.5. The molecule has 3 heterocycles. The minimum absolute atomic E-state index is 0.524. The van der Waals surface area contributed by atoms with Gasteiger partial charge in [-0.15, -0.1) is 0 Å². The van der Waals surface area contributed by atoms with E-state index in [1.54, 1.807) is 7.11 Å². The van der Waals surface area contributed by atoms with Crippen molar-refractivity contribution in [1.29, 1.82) is 0 Å². The first-order valence-electron chi connectivity index (χ1n) is 7.26. The van der Waals surface area contributed by atoms with Gasteiger partial charge in [0.25, 0.3) is 0 Å². The number of nitrogens with zero attached hydrogens (tertiary/aromatic N) is 3. The van der Waals surface area contributed by atoms with Gasteiger partial charge in [-0.3, -0.25) is 9.78 Å². The van der Waals surface area contributed by atoms with E-state index in [9.17, 15) is 0 Å². The van der Waals surface area contributed by atoms with Gasteiger partial charge in [0, 0.05) is 17.8 Å². The SMILES string of the molecule is COc1[nH]n(C2CCCCC2)c2c1cnc1nccc12. The lowest BCUT2D eigenvalue weighted by atomic mass is 9.95. The fraction of sp³-hybridized carbons (Fsp3) is 0.467. The number of aromatic nitrogens is 4. The highest BCUT2D eigenvalue weighted by molar-refractivity contribution is 6.04. The topological polar surface area (TPSA) is 55.7 Å². The van der Waals surface area contributed by atoms with Gasteiger partial charge in [0.2, 0.25) is 5.88 Å². The van der Waals surface area contributed by atoms with Crippen LogP contribution in [0.4, 0.5) is 0 Å². The first-order valence-corrected chi connectivity index (χ1v) is 7.26. The molecule has 3 aromatic rings. The number of hydrogen-bond acceptors (Lipinski definition) is 3. The zero-order valence-electron chi connectivity index (χ0n) is 11.6. The smallest absolute Gasteiger partial charge is 0.216 e. The van der Waals surface area contributed by atoms with E-state index in [1.165, 1.54) is 37.6 Å². The largest absolute Gasteiger partial charge is 0.481 e. The molecule has 1 aliphatic rings. The third kappa shape index (κ3) is 1.62. The summed E-state index contributed by atoms with van der Waals surface area (Å²) in [6.07, 6.45) is 10.1. The summed E-state index contributed by atoms with van der Waals surface area (Å²) < 4.78 is 7.76. The van der Waals surface area contributed by atoms with E-state index < -0.39 is 0 Å². The van der Waals surface area contributed by atoms with Crippen LogP contribution in [0.2, 0.25) is 0 Å². The summed E-state index contributed by atoms with van der Waals surface area (Å²) in [5.41, 5.74) is 1.99. The number of methoxy groups -OCH3 is 1. The van der Waals surface area contributed by atoms with Gasteiger partial charge in [0.1, 0.15) is 0 Å². The van der Waals surface area contributed by atoms with Crippen molar-refractivity contribution in [1.82, 2.24) is 19.7 Å². The van der Waals surface area contributed by atoms with Crippen LogP contribution in [-0.4, -0.2) is 26.9 Å². The number of fused-ring (bicyclic) bond motifs is 3. The van der Waals surface area contributed by atoms with Crippen LogP contribution in [0, 0.1) is 0 Å². The van der Waals surface area contributed by atoms with E-state index >= 15 is 0 Å². The average molecular weight is 270 g/mol. The van der Waals surface area contributed by atoms with Crippen LogP contribution >= 0.6 is 0 Å². The highest BCUT2D eigenvalue weighted by Gasteiger charge is 2.21. The van der Waals surface area contributed by atoms with E-state index in [4.69, 9.17) is 4.74 Å². The molecule has 0 aliphatic heterocycles. The third-order valence-corrected chi connectivity index (χ3v) is 4.36. The van der Waals surface area contributed by atoms with Crippen molar-refractivity contribution in [3.63, 3.8) is 0 Å². The van der Waals surface area contributed by atoms with Crippen LogP contribution in [0.25, 0.3) is 21.9 Å². The van der Waals surface area contributed by atoms with Gasteiger partial charge < -0.3 is 4.74 Å². The second-order valence-electron chi connectivity index (χ2n) is 5.51. The molecule has 0 spiro atoms. The molecule has 0 saturated heterocycles. The normalized spacial score (nSPS) is 17.1.